The first-order valence-electron chi connectivity index (χ1n) is 7.24. The van der Waals surface area contributed by atoms with E-state index in [0.29, 0.717) is 12.2 Å². The van der Waals surface area contributed by atoms with E-state index >= 15 is 0 Å². The molecule has 0 fully saturated rings. The summed E-state index contributed by atoms with van der Waals surface area (Å²) in [5, 5.41) is 23.6. The van der Waals surface area contributed by atoms with Crippen LogP contribution in [0.2, 0.25) is 0 Å². The van der Waals surface area contributed by atoms with Crippen LogP contribution in [-0.4, -0.2) is 55.2 Å². The van der Waals surface area contributed by atoms with E-state index in [1.165, 1.54) is 6.33 Å². The lowest BCUT2D eigenvalue weighted by molar-refractivity contribution is 0.132. The molecule has 7 nitrogen and oxygen atoms in total. The number of hydrazone groups is 1. The average Bonchev–Trinajstić information content (AvgIpc) is 2.92. The molecule has 2 rings (SSSR count). The monoisotopic (exact) mass is 292 g/mol. The van der Waals surface area contributed by atoms with Crippen LogP contribution in [0.4, 0.5) is 0 Å². The van der Waals surface area contributed by atoms with Crippen LogP contribution in [0.15, 0.2) is 17.6 Å². The molecule has 1 unspecified atom stereocenters. The Bertz CT molecular complexity index is 578. The van der Waals surface area contributed by atoms with Crippen molar-refractivity contribution in [2.24, 2.45) is 5.10 Å². The number of nitrogens with zero attached hydrogens (tertiary/aromatic N) is 5. The molecular formula is C14H24N6O. The number of hydrogen-bond acceptors (Lipinski definition) is 6. The quantitative estimate of drug-likeness (QED) is 0.648. The zero-order valence-corrected chi connectivity index (χ0v) is 13.3. The van der Waals surface area contributed by atoms with Gasteiger partial charge in [0.2, 0.25) is 0 Å². The number of hydrogen-bond donors (Lipinski definition) is 2. The van der Waals surface area contributed by atoms with Crippen LogP contribution in [0.5, 0.6) is 0 Å². The van der Waals surface area contributed by atoms with Gasteiger partial charge in [0.05, 0.1) is 29.4 Å². The van der Waals surface area contributed by atoms with Gasteiger partial charge in [-0.25, -0.2) is 9.97 Å². The lowest BCUT2D eigenvalue weighted by atomic mass is 10.2. The maximum absolute atomic E-state index is 9.42. The van der Waals surface area contributed by atoms with Gasteiger partial charge in [0.1, 0.15) is 6.33 Å². The van der Waals surface area contributed by atoms with Gasteiger partial charge in [-0.05, 0) is 20.8 Å². The third-order valence-corrected chi connectivity index (χ3v) is 2.73. The van der Waals surface area contributed by atoms with E-state index in [-0.39, 0.29) is 0 Å². The predicted molar refractivity (Wildman–Crippen MR) is 84.2 cm³/mol. The molecule has 0 radical (unpaired) electrons. The first-order chi connectivity index (χ1) is 10.1. The van der Waals surface area contributed by atoms with E-state index in [0.717, 1.165) is 23.3 Å². The maximum atomic E-state index is 9.42. The molecule has 21 heavy (non-hydrogen) atoms. The van der Waals surface area contributed by atoms with Gasteiger partial charge in [-0.3, -0.25) is 10.1 Å². The van der Waals surface area contributed by atoms with Crippen LogP contribution in [0.3, 0.4) is 0 Å². The van der Waals surface area contributed by atoms with Crippen LogP contribution < -0.4 is 0 Å². The minimum absolute atomic E-state index is 0.418. The normalized spacial score (nSPS) is 12.8. The highest BCUT2D eigenvalue weighted by atomic mass is 16.3. The molecule has 0 amide bonds. The summed E-state index contributed by atoms with van der Waals surface area (Å²) in [7, 11) is 0. The van der Waals surface area contributed by atoms with Crippen molar-refractivity contribution in [3.63, 3.8) is 0 Å². The zero-order chi connectivity index (χ0) is 15.8. The van der Waals surface area contributed by atoms with E-state index in [4.69, 9.17) is 0 Å². The van der Waals surface area contributed by atoms with Gasteiger partial charge in [-0.2, -0.15) is 10.2 Å². The maximum Gasteiger partial charge on any atom is 0.184 e. The number of nitrogens with one attached hydrogen (secondary N) is 1. The molecule has 0 aliphatic heterocycles. The second-order valence-electron chi connectivity index (χ2n) is 4.40. The molecule has 2 heterocycles. The van der Waals surface area contributed by atoms with Crippen LogP contribution in [-0.2, 0) is 0 Å². The molecule has 7 heteroatoms. The van der Waals surface area contributed by atoms with Gasteiger partial charge in [0.15, 0.2) is 5.65 Å². The molecule has 0 bridgehead atoms. The van der Waals surface area contributed by atoms with E-state index in [2.05, 4.69) is 25.3 Å². The molecule has 116 valence electrons. The lowest BCUT2D eigenvalue weighted by Gasteiger charge is -2.19. The molecular weight excluding hydrogens is 268 g/mol. The average molecular weight is 292 g/mol. The molecule has 0 aliphatic rings. The largest absolute Gasteiger partial charge is 0.392 e. The Labute approximate surface area is 125 Å². The Kier molecular flexibility index (Phi) is 6.74. The summed E-state index contributed by atoms with van der Waals surface area (Å²) in [5.74, 6) is 0. The first kappa shape index (κ1) is 17.0. The van der Waals surface area contributed by atoms with Crippen molar-refractivity contribution < 1.29 is 5.11 Å². The molecule has 2 aromatic heterocycles. The number of aliphatic hydroxyl groups is 1. The van der Waals surface area contributed by atoms with Crippen LogP contribution in [0.25, 0.3) is 11.0 Å². The Morgan fingerprint density at radius 3 is 2.81 bits per heavy atom. The number of aromatic amines is 1. The highest BCUT2D eigenvalue weighted by Crippen LogP contribution is 2.13. The predicted octanol–water partition coefficient (Wildman–Crippen LogP) is 1.81. The third-order valence-electron chi connectivity index (χ3n) is 2.73. The van der Waals surface area contributed by atoms with Gasteiger partial charge in [-0.15, -0.1) is 0 Å². The van der Waals surface area contributed by atoms with Gasteiger partial charge in [-0.1, -0.05) is 13.8 Å². The molecule has 0 saturated heterocycles. The minimum Gasteiger partial charge on any atom is -0.392 e. The number of likely N-dealkylation sites (N-methyl/N-ethyl adjacent to an activating group) is 1. The Morgan fingerprint density at radius 2 is 2.19 bits per heavy atom. The fourth-order valence-electron chi connectivity index (χ4n) is 1.84. The van der Waals surface area contributed by atoms with Crippen molar-refractivity contribution in [3.8, 4) is 0 Å². The fraction of sp³-hybridized carbons (Fsp3) is 0.571. The zero-order valence-electron chi connectivity index (χ0n) is 13.3. The number of H-pyrrole nitrogens is 1. The number of aromatic nitrogens is 4. The van der Waals surface area contributed by atoms with E-state index in [1.54, 1.807) is 13.1 Å². The van der Waals surface area contributed by atoms with Crippen LogP contribution in [0, 0.1) is 0 Å². The Hall–Kier alpha value is -2.02. The van der Waals surface area contributed by atoms with Crippen LogP contribution in [0.1, 0.15) is 40.3 Å². The third kappa shape index (κ3) is 4.49. The van der Waals surface area contributed by atoms with E-state index in [9.17, 15) is 5.11 Å². The van der Waals surface area contributed by atoms with Crippen molar-refractivity contribution in [3.05, 3.63) is 18.2 Å². The van der Waals surface area contributed by atoms with E-state index < -0.39 is 6.10 Å². The van der Waals surface area contributed by atoms with Crippen molar-refractivity contribution >= 4 is 16.7 Å². The summed E-state index contributed by atoms with van der Waals surface area (Å²) >= 11 is 0. The number of fused-ring (bicyclic) bond motifs is 1. The highest BCUT2D eigenvalue weighted by molar-refractivity contribution is 6.06. The van der Waals surface area contributed by atoms with E-state index in [1.807, 2.05) is 32.7 Å². The summed E-state index contributed by atoms with van der Waals surface area (Å²) < 4.78 is 0. The summed E-state index contributed by atoms with van der Waals surface area (Å²) in [6, 6.07) is 0. The molecule has 1 atom stereocenters. The lowest BCUT2D eigenvalue weighted by Crippen LogP contribution is -2.27. The smallest absolute Gasteiger partial charge is 0.184 e. The topological polar surface area (TPSA) is 90.3 Å². The van der Waals surface area contributed by atoms with Crippen LogP contribution >= 0.6 is 0 Å². The van der Waals surface area contributed by atoms with Crippen molar-refractivity contribution in [1.82, 2.24) is 25.2 Å². The summed E-state index contributed by atoms with van der Waals surface area (Å²) in [6.45, 7) is 10.9. The molecule has 0 saturated carbocycles. The first-order valence-corrected chi connectivity index (χ1v) is 7.24. The molecule has 2 aromatic rings. The van der Waals surface area contributed by atoms with Gasteiger partial charge >= 0.3 is 0 Å². The Morgan fingerprint density at radius 1 is 1.48 bits per heavy atom. The number of rotatable bonds is 5. The standard InChI is InChI=1S/C12H18N6O.C2H6/c1-4-18(6-8(2)19)17-9(3)11-10-5-13-7-14-12(10)16-15-11;1-2/h5,7-8,19H,4,6H2,1-3H3,(H,13,14,15,16);1-2H3/b17-9+;. The van der Waals surface area contributed by atoms with Gasteiger partial charge in [0.25, 0.3) is 0 Å². The minimum atomic E-state index is -0.418. The second-order valence-corrected chi connectivity index (χ2v) is 4.40. The summed E-state index contributed by atoms with van der Waals surface area (Å²) in [6.07, 6.45) is 2.76. The number of aliphatic hydroxyl groups excluding tert-OH is 1. The van der Waals surface area contributed by atoms with Crippen molar-refractivity contribution in [2.75, 3.05) is 13.1 Å². The summed E-state index contributed by atoms with van der Waals surface area (Å²) in [5.41, 5.74) is 2.22. The summed E-state index contributed by atoms with van der Waals surface area (Å²) in [4.78, 5) is 8.07. The fourth-order valence-corrected chi connectivity index (χ4v) is 1.84. The van der Waals surface area contributed by atoms with Crippen molar-refractivity contribution in [2.45, 2.75) is 40.7 Å². The SMILES string of the molecule is CC.CCN(CC(C)O)/N=C(\C)c1[nH]nc2ncncc12. The molecule has 0 spiro atoms. The second kappa shape index (κ2) is 8.31. The van der Waals surface area contributed by atoms with Crippen molar-refractivity contribution in [1.29, 1.82) is 0 Å². The molecule has 0 aromatic carbocycles. The highest BCUT2D eigenvalue weighted by Gasteiger charge is 2.11. The molecule has 0 aliphatic carbocycles. The molecule has 2 N–H and O–H groups in total. The Balaban J connectivity index is 0.00000106. The van der Waals surface area contributed by atoms with Gasteiger partial charge in [0, 0.05) is 12.7 Å². The van der Waals surface area contributed by atoms with Gasteiger partial charge < -0.3 is 5.11 Å².